The minimum Gasteiger partial charge on any atom is -0.353 e. The van der Waals surface area contributed by atoms with Crippen LogP contribution in [0.3, 0.4) is 0 Å². The van der Waals surface area contributed by atoms with E-state index in [0.717, 1.165) is 31.0 Å². The Labute approximate surface area is 171 Å². The average molecular weight is 403 g/mol. The Morgan fingerprint density at radius 1 is 1.24 bits per heavy atom. The molecule has 4 rings (SSSR count). The molecule has 6 nitrogen and oxygen atoms in total. The van der Waals surface area contributed by atoms with Gasteiger partial charge in [0.25, 0.3) is 0 Å². The Kier molecular flexibility index (Phi) is 6.15. The van der Waals surface area contributed by atoms with E-state index < -0.39 is 0 Å². The quantitative estimate of drug-likeness (QED) is 0.726. The highest BCUT2D eigenvalue weighted by Gasteiger charge is 2.46. The Bertz CT molecular complexity index is 737. The van der Waals surface area contributed by atoms with E-state index in [9.17, 15) is 14.0 Å². The SMILES string of the molecule is CN1[C@@H](CCC(=O)NCc2ccc(F)cc2)CNC(=O)[C@@H]2[C@H]1CCN2CC1CC1. The molecule has 3 aliphatic rings. The van der Waals surface area contributed by atoms with Crippen LogP contribution >= 0.6 is 0 Å². The lowest BCUT2D eigenvalue weighted by Crippen LogP contribution is -2.50. The molecule has 0 bridgehead atoms. The topological polar surface area (TPSA) is 64.7 Å². The van der Waals surface area contributed by atoms with Gasteiger partial charge in [-0.15, -0.1) is 0 Å². The number of amides is 2. The Balaban J connectivity index is 1.28. The molecule has 2 saturated heterocycles. The molecule has 2 heterocycles. The molecule has 0 radical (unpaired) electrons. The fourth-order valence-corrected chi connectivity index (χ4v) is 4.67. The van der Waals surface area contributed by atoms with Crippen molar-refractivity contribution in [2.75, 3.05) is 26.7 Å². The summed E-state index contributed by atoms with van der Waals surface area (Å²) in [6, 6.07) is 6.48. The molecule has 29 heavy (non-hydrogen) atoms. The van der Waals surface area contributed by atoms with Crippen molar-refractivity contribution in [2.24, 2.45) is 5.92 Å². The maximum absolute atomic E-state index is 13.0. The molecule has 2 aliphatic heterocycles. The van der Waals surface area contributed by atoms with Gasteiger partial charge in [-0.05, 0) is 56.3 Å². The van der Waals surface area contributed by atoms with Crippen LogP contribution in [0.1, 0.15) is 37.7 Å². The van der Waals surface area contributed by atoms with Crippen LogP contribution in [0.25, 0.3) is 0 Å². The molecule has 1 aromatic rings. The van der Waals surface area contributed by atoms with Gasteiger partial charge in [-0.1, -0.05) is 12.1 Å². The summed E-state index contributed by atoms with van der Waals surface area (Å²) < 4.78 is 13.0. The van der Waals surface area contributed by atoms with Gasteiger partial charge in [-0.3, -0.25) is 19.4 Å². The number of nitrogens with zero attached hydrogens (tertiary/aromatic N) is 2. The largest absolute Gasteiger partial charge is 0.353 e. The van der Waals surface area contributed by atoms with Crippen molar-refractivity contribution in [1.82, 2.24) is 20.4 Å². The molecule has 3 atom stereocenters. The predicted molar refractivity (Wildman–Crippen MR) is 109 cm³/mol. The lowest BCUT2D eigenvalue weighted by atomic mass is 10.0. The van der Waals surface area contributed by atoms with Gasteiger partial charge >= 0.3 is 0 Å². The van der Waals surface area contributed by atoms with Crippen LogP contribution in [0.4, 0.5) is 4.39 Å². The third kappa shape index (κ3) is 4.95. The third-order valence-electron chi connectivity index (χ3n) is 6.65. The van der Waals surface area contributed by atoms with Crippen molar-refractivity contribution < 1.29 is 14.0 Å². The maximum Gasteiger partial charge on any atom is 0.239 e. The number of carbonyl (C=O) groups excluding carboxylic acids is 2. The van der Waals surface area contributed by atoms with E-state index >= 15 is 0 Å². The van der Waals surface area contributed by atoms with Gasteiger partial charge in [0.2, 0.25) is 11.8 Å². The molecular formula is C22H31FN4O2. The van der Waals surface area contributed by atoms with Crippen LogP contribution in [-0.4, -0.2) is 66.4 Å². The molecule has 0 unspecified atom stereocenters. The number of rotatable bonds is 7. The van der Waals surface area contributed by atoms with Crippen LogP contribution in [0.15, 0.2) is 24.3 Å². The molecule has 2 amide bonds. The summed E-state index contributed by atoms with van der Waals surface area (Å²) in [5.74, 6) is 0.620. The van der Waals surface area contributed by atoms with Gasteiger partial charge in [0, 0.05) is 44.7 Å². The number of hydrogen-bond donors (Lipinski definition) is 2. The molecule has 158 valence electrons. The summed E-state index contributed by atoms with van der Waals surface area (Å²) in [5, 5.41) is 6.02. The Hall–Kier alpha value is -1.99. The van der Waals surface area contributed by atoms with E-state index in [-0.39, 0.29) is 35.8 Å². The highest BCUT2D eigenvalue weighted by atomic mass is 19.1. The number of nitrogens with one attached hydrogen (secondary N) is 2. The number of likely N-dealkylation sites (N-methyl/N-ethyl adjacent to an activating group) is 1. The number of fused-ring (bicyclic) bond motifs is 1. The normalized spacial score (nSPS) is 27.9. The smallest absolute Gasteiger partial charge is 0.239 e. The van der Waals surface area contributed by atoms with Gasteiger partial charge < -0.3 is 10.6 Å². The first-order chi connectivity index (χ1) is 14.0. The molecule has 0 spiro atoms. The lowest BCUT2D eigenvalue weighted by molar-refractivity contribution is -0.126. The number of hydrogen-bond acceptors (Lipinski definition) is 4. The zero-order valence-electron chi connectivity index (χ0n) is 17.1. The van der Waals surface area contributed by atoms with E-state index in [0.29, 0.717) is 25.9 Å². The van der Waals surface area contributed by atoms with Crippen LogP contribution < -0.4 is 10.6 Å². The number of likely N-dealkylation sites (tertiary alicyclic amines) is 1. The molecule has 1 saturated carbocycles. The van der Waals surface area contributed by atoms with Crippen LogP contribution in [0.5, 0.6) is 0 Å². The van der Waals surface area contributed by atoms with Crippen LogP contribution in [-0.2, 0) is 16.1 Å². The van der Waals surface area contributed by atoms with Crippen molar-refractivity contribution in [3.05, 3.63) is 35.6 Å². The fourth-order valence-electron chi connectivity index (χ4n) is 4.67. The highest BCUT2D eigenvalue weighted by Crippen LogP contribution is 2.34. The number of benzene rings is 1. The van der Waals surface area contributed by atoms with E-state index in [1.807, 2.05) is 0 Å². The first-order valence-corrected chi connectivity index (χ1v) is 10.8. The first kappa shape index (κ1) is 20.3. The van der Waals surface area contributed by atoms with Crippen molar-refractivity contribution >= 4 is 11.8 Å². The van der Waals surface area contributed by atoms with E-state index in [1.165, 1.54) is 25.0 Å². The average Bonchev–Trinajstić information content (AvgIpc) is 3.44. The summed E-state index contributed by atoms with van der Waals surface area (Å²) in [5.41, 5.74) is 0.878. The third-order valence-corrected chi connectivity index (χ3v) is 6.65. The Morgan fingerprint density at radius 2 is 2.00 bits per heavy atom. The first-order valence-electron chi connectivity index (χ1n) is 10.8. The van der Waals surface area contributed by atoms with Gasteiger partial charge in [0.15, 0.2) is 0 Å². The second kappa shape index (κ2) is 8.79. The number of halogens is 1. The molecule has 3 fully saturated rings. The fraction of sp³-hybridized carbons (Fsp3) is 0.636. The van der Waals surface area contributed by atoms with Crippen molar-refractivity contribution in [3.63, 3.8) is 0 Å². The summed E-state index contributed by atoms with van der Waals surface area (Å²) in [4.78, 5) is 29.7. The summed E-state index contributed by atoms with van der Waals surface area (Å²) >= 11 is 0. The molecular weight excluding hydrogens is 371 g/mol. The van der Waals surface area contributed by atoms with E-state index in [1.54, 1.807) is 12.1 Å². The zero-order valence-corrected chi connectivity index (χ0v) is 17.1. The maximum atomic E-state index is 13.0. The van der Waals surface area contributed by atoms with Gasteiger partial charge in [0.1, 0.15) is 11.9 Å². The summed E-state index contributed by atoms with van der Waals surface area (Å²) in [7, 11) is 2.10. The van der Waals surface area contributed by atoms with Crippen LogP contribution in [0, 0.1) is 11.7 Å². The Morgan fingerprint density at radius 3 is 2.72 bits per heavy atom. The summed E-state index contributed by atoms with van der Waals surface area (Å²) in [6.45, 7) is 3.01. The number of carbonyl (C=O) groups is 2. The monoisotopic (exact) mass is 402 g/mol. The van der Waals surface area contributed by atoms with Gasteiger partial charge in [0.05, 0.1) is 0 Å². The molecule has 2 N–H and O–H groups in total. The minimum atomic E-state index is -0.278. The van der Waals surface area contributed by atoms with Crippen molar-refractivity contribution in [1.29, 1.82) is 0 Å². The molecule has 1 aromatic carbocycles. The van der Waals surface area contributed by atoms with E-state index in [4.69, 9.17) is 0 Å². The highest BCUT2D eigenvalue weighted by molar-refractivity contribution is 5.83. The second-order valence-electron chi connectivity index (χ2n) is 8.75. The van der Waals surface area contributed by atoms with Gasteiger partial charge in [-0.25, -0.2) is 4.39 Å². The second-order valence-corrected chi connectivity index (χ2v) is 8.75. The van der Waals surface area contributed by atoms with Crippen LogP contribution in [0.2, 0.25) is 0 Å². The van der Waals surface area contributed by atoms with Gasteiger partial charge in [-0.2, -0.15) is 0 Å². The molecule has 1 aliphatic carbocycles. The summed E-state index contributed by atoms with van der Waals surface area (Å²) in [6.07, 6.45) is 4.71. The van der Waals surface area contributed by atoms with Crippen molar-refractivity contribution in [3.8, 4) is 0 Å². The molecule has 7 heteroatoms. The molecule has 0 aromatic heterocycles. The standard InChI is InChI=1S/C22H31FN4O2/c1-26-18(8-9-20(28)24-12-15-4-6-17(23)7-5-15)13-25-22(29)21-19(26)10-11-27(21)14-16-2-3-16/h4-7,16,18-19,21H,2-3,8-14H2,1H3,(H,24,28)(H,25,29)/t18-,19+,21-/m0/s1. The zero-order chi connectivity index (χ0) is 20.4. The lowest BCUT2D eigenvalue weighted by Gasteiger charge is -2.33. The van der Waals surface area contributed by atoms with E-state index in [2.05, 4.69) is 27.5 Å². The van der Waals surface area contributed by atoms with Crippen molar-refractivity contribution in [2.45, 2.75) is 56.8 Å². The predicted octanol–water partition coefficient (Wildman–Crippen LogP) is 1.51. The minimum absolute atomic E-state index is 0.0170.